The van der Waals surface area contributed by atoms with E-state index in [-0.39, 0.29) is 23.5 Å². The smallest absolute Gasteiger partial charge is 0.234 e. The van der Waals surface area contributed by atoms with Gasteiger partial charge < -0.3 is 0 Å². The molecule has 2 heterocycles. The number of anilines is 1. The molecular weight excluding hydrogens is 521 g/mol. The molecule has 0 radical (unpaired) electrons. The van der Waals surface area contributed by atoms with E-state index >= 15 is 0 Å². The summed E-state index contributed by atoms with van der Waals surface area (Å²) in [6.07, 6.45) is 1.12. The third-order valence-corrected chi connectivity index (χ3v) is 9.24. The molecule has 1 amide bonds. The van der Waals surface area contributed by atoms with Crippen molar-refractivity contribution < 1.29 is 9.59 Å². The van der Waals surface area contributed by atoms with Crippen LogP contribution in [-0.4, -0.2) is 21.9 Å². The van der Waals surface area contributed by atoms with Gasteiger partial charge in [-0.15, -0.1) is 10.2 Å². The van der Waals surface area contributed by atoms with Crippen LogP contribution in [0.4, 0.5) is 5.13 Å². The first-order chi connectivity index (χ1) is 16.7. The number of carbonyl (C=O) groups excluding carboxylic acids is 2. The average Bonchev–Trinajstić information content (AvgIpc) is 3.27. The minimum atomic E-state index is -0.427. The molecule has 1 aromatic heterocycles. The number of hydrogen-bond acceptors (Lipinski definition) is 6. The Morgan fingerprint density at radius 1 is 1.06 bits per heavy atom. The van der Waals surface area contributed by atoms with Crippen molar-refractivity contribution >= 4 is 63.1 Å². The van der Waals surface area contributed by atoms with E-state index in [2.05, 4.69) is 36.2 Å². The fourth-order valence-electron chi connectivity index (χ4n) is 4.76. The molecule has 5 rings (SSSR count). The minimum Gasteiger partial charge on any atom is -0.294 e. The van der Waals surface area contributed by atoms with E-state index in [1.165, 1.54) is 16.9 Å². The summed E-state index contributed by atoms with van der Waals surface area (Å²) < 4.78 is 0.778. The largest absolute Gasteiger partial charge is 0.294 e. The topological polar surface area (TPSA) is 63.2 Å². The van der Waals surface area contributed by atoms with Gasteiger partial charge in [-0.3, -0.25) is 14.5 Å². The SMILES string of the molecule is CC1(C)CC(=O)C2=C(C1)N(c1nnc(SCc3ccccc3)s1)C(=O)C[C@@H]2c1cccc(Cl)c1Cl. The lowest BCUT2D eigenvalue weighted by Gasteiger charge is -2.42. The van der Waals surface area contributed by atoms with Crippen LogP contribution >= 0.6 is 46.3 Å². The van der Waals surface area contributed by atoms with Crippen molar-refractivity contribution in [2.24, 2.45) is 5.41 Å². The first-order valence-corrected chi connectivity index (χ1v) is 13.8. The summed E-state index contributed by atoms with van der Waals surface area (Å²) in [7, 11) is 0. The molecule has 2 aliphatic rings. The van der Waals surface area contributed by atoms with E-state index in [1.54, 1.807) is 28.8 Å². The maximum absolute atomic E-state index is 13.6. The van der Waals surface area contributed by atoms with Crippen LogP contribution in [0.5, 0.6) is 0 Å². The molecule has 3 aromatic rings. The summed E-state index contributed by atoms with van der Waals surface area (Å²) >= 11 is 15.8. The van der Waals surface area contributed by atoms with E-state index in [9.17, 15) is 9.59 Å². The number of aromatic nitrogens is 2. The number of amides is 1. The number of allylic oxidation sites excluding steroid dienone is 2. The molecule has 0 saturated carbocycles. The zero-order chi connectivity index (χ0) is 24.7. The summed E-state index contributed by atoms with van der Waals surface area (Å²) in [5, 5.41) is 9.98. The zero-order valence-electron chi connectivity index (χ0n) is 19.3. The Bertz CT molecular complexity index is 1340. The number of Topliss-reactive ketones (excluding diaryl/α,β-unsaturated/α-hetero) is 1. The molecular formula is C26H23Cl2N3O2S2. The van der Waals surface area contributed by atoms with Crippen molar-refractivity contribution in [2.75, 3.05) is 4.90 Å². The van der Waals surface area contributed by atoms with Crippen molar-refractivity contribution in [3.05, 3.63) is 81.0 Å². The van der Waals surface area contributed by atoms with Crippen molar-refractivity contribution in [1.29, 1.82) is 0 Å². The van der Waals surface area contributed by atoms with Gasteiger partial charge >= 0.3 is 0 Å². The second-order valence-electron chi connectivity index (χ2n) is 9.56. The molecule has 0 bridgehead atoms. The van der Waals surface area contributed by atoms with Gasteiger partial charge in [0.05, 0.1) is 10.0 Å². The Morgan fingerprint density at radius 2 is 1.83 bits per heavy atom. The van der Waals surface area contributed by atoms with Gasteiger partial charge in [-0.1, -0.05) is 103 Å². The van der Waals surface area contributed by atoms with E-state index in [0.717, 1.165) is 10.1 Å². The lowest BCUT2D eigenvalue weighted by atomic mass is 9.69. The molecule has 0 fully saturated rings. The summed E-state index contributed by atoms with van der Waals surface area (Å²) in [5.41, 5.74) is 2.98. The maximum atomic E-state index is 13.6. The van der Waals surface area contributed by atoms with Gasteiger partial charge in [0.1, 0.15) is 0 Å². The van der Waals surface area contributed by atoms with Crippen LogP contribution in [0.15, 0.2) is 64.1 Å². The minimum absolute atomic E-state index is 0.0398. The fourth-order valence-corrected chi connectivity index (χ4v) is 7.04. The van der Waals surface area contributed by atoms with Crippen LogP contribution in [-0.2, 0) is 15.3 Å². The first-order valence-electron chi connectivity index (χ1n) is 11.3. The lowest BCUT2D eigenvalue weighted by Crippen LogP contribution is -2.43. The van der Waals surface area contributed by atoms with Gasteiger partial charge in [0.25, 0.3) is 0 Å². The van der Waals surface area contributed by atoms with Crippen LogP contribution in [0.1, 0.15) is 50.2 Å². The highest BCUT2D eigenvalue weighted by Crippen LogP contribution is 2.50. The Kier molecular flexibility index (Phi) is 6.79. The highest BCUT2D eigenvalue weighted by molar-refractivity contribution is 8.00. The molecule has 5 nitrogen and oxygen atoms in total. The summed E-state index contributed by atoms with van der Waals surface area (Å²) in [6, 6.07) is 15.5. The first kappa shape index (κ1) is 24.5. The molecule has 1 aliphatic heterocycles. The van der Waals surface area contributed by atoms with E-state index in [4.69, 9.17) is 23.2 Å². The van der Waals surface area contributed by atoms with Gasteiger partial charge in [0.2, 0.25) is 11.0 Å². The molecule has 1 atom stereocenters. The molecule has 35 heavy (non-hydrogen) atoms. The third-order valence-electron chi connectivity index (χ3n) is 6.29. The normalized spacial score (nSPS) is 19.8. The van der Waals surface area contributed by atoms with Crippen LogP contribution in [0.2, 0.25) is 10.0 Å². The molecule has 0 spiro atoms. The Morgan fingerprint density at radius 3 is 2.60 bits per heavy atom. The molecule has 9 heteroatoms. The third kappa shape index (κ3) is 4.92. The number of benzene rings is 2. The van der Waals surface area contributed by atoms with Crippen molar-refractivity contribution in [3.63, 3.8) is 0 Å². The quantitative estimate of drug-likeness (QED) is 0.249. The second kappa shape index (κ2) is 9.69. The maximum Gasteiger partial charge on any atom is 0.234 e. The Hall–Kier alpha value is -2.19. The van der Waals surface area contributed by atoms with Gasteiger partial charge in [0.15, 0.2) is 10.1 Å². The van der Waals surface area contributed by atoms with Gasteiger partial charge in [0, 0.05) is 35.8 Å². The molecule has 0 unspecified atom stereocenters. The molecule has 1 aliphatic carbocycles. The van der Waals surface area contributed by atoms with Crippen LogP contribution in [0.3, 0.4) is 0 Å². The monoisotopic (exact) mass is 543 g/mol. The summed E-state index contributed by atoms with van der Waals surface area (Å²) in [4.78, 5) is 28.7. The zero-order valence-corrected chi connectivity index (χ0v) is 22.4. The predicted octanol–water partition coefficient (Wildman–Crippen LogP) is 7.30. The van der Waals surface area contributed by atoms with Crippen molar-refractivity contribution in [3.8, 4) is 0 Å². The molecule has 0 saturated heterocycles. The lowest BCUT2D eigenvalue weighted by molar-refractivity contribution is -0.121. The van der Waals surface area contributed by atoms with Crippen LogP contribution in [0.25, 0.3) is 0 Å². The predicted molar refractivity (Wildman–Crippen MR) is 142 cm³/mol. The second-order valence-corrected chi connectivity index (χ2v) is 12.5. The summed E-state index contributed by atoms with van der Waals surface area (Å²) in [6.45, 7) is 4.10. The number of rotatable bonds is 5. The number of halogens is 2. The molecule has 180 valence electrons. The average molecular weight is 545 g/mol. The number of nitrogens with zero attached hydrogens (tertiary/aromatic N) is 3. The van der Waals surface area contributed by atoms with Crippen LogP contribution in [0, 0.1) is 5.41 Å². The van der Waals surface area contributed by atoms with E-state index in [0.29, 0.717) is 44.9 Å². The van der Waals surface area contributed by atoms with Crippen molar-refractivity contribution in [2.45, 2.75) is 49.1 Å². The van der Waals surface area contributed by atoms with E-state index < -0.39 is 5.92 Å². The Balaban J connectivity index is 1.53. The molecule has 0 N–H and O–H groups in total. The summed E-state index contributed by atoms with van der Waals surface area (Å²) in [5.74, 6) is 0.255. The fraction of sp³-hybridized carbons (Fsp3) is 0.308. The van der Waals surface area contributed by atoms with Crippen LogP contribution < -0.4 is 4.90 Å². The van der Waals surface area contributed by atoms with Gasteiger partial charge in [-0.2, -0.15) is 0 Å². The number of carbonyl (C=O) groups is 2. The van der Waals surface area contributed by atoms with Gasteiger partial charge in [-0.25, -0.2) is 0 Å². The van der Waals surface area contributed by atoms with Crippen molar-refractivity contribution in [1.82, 2.24) is 10.2 Å². The number of thioether (sulfide) groups is 1. The molecule has 2 aromatic carbocycles. The number of ketones is 1. The highest BCUT2D eigenvalue weighted by Gasteiger charge is 2.45. The number of hydrogen-bond donors (Lipinski definition) is 0. The van der Waals surface area contributed by atoms with E-state index in [1.807, 2.05) is 24.3 Å². The standard InChI is InChI=1S/C26H23Cl2N3O2S2/c1-26(2)12-19-22(20(32)13-26)17(16-9-6-10-18(27)23(16)28)11-21(33)31(19)24-29-30-25(35-24)34-14-15-7-4-3-5-8-15/h3-10,17H,11-14H2,1-2H3/t17-/m1/s1. The highest BCUT2D eigenvalue weighted by atomic mass is 35.5. The van der Waals surface area contributed by atoms with Gasteiger partial charge in [-0.05, 0) is 29.0 Å². The Labute approximate surface area is 222 Å².